The quantitative estimate of drug-likeness (QED) is 0.866. The number of amides is 2. The number of hydrogen-bond donors (Lipinski definition) is 2. The van der Waals surface area contributed by atoms with E-state index < -0.39 is 23.9 Å². The van der Waals surface area contributed by atoms with Crippen LogP contribution in [0.15, 0.2) is 18.2 Å². The smallest absolute Gasteiger partial charge is 0.391 e. The molecular formula is C16H22F3N3O2. The lowest BCUT2D eigenvalue weighted by atomic mass is 9.96. The van der Waals surface area contributed by atoms with Gasteiger partial charge < -0.3 is 20.2 Å². The molecule has 2 atom stereocenters. The molecular weight excluding hydrogens is 323 g/mol. The number of benzene rings is 1. The predicted octanol–water partition coefficient (Wildman–Crippen LogP) is 3.01. The Bertz CT molecular complexity index is 605. The molecule has 0 spiro atoms. The van der Waals surface area contributed by atoms with Crippen LogP contribution in [0.3, 0.4) is 0 Å². The number of carbonyl (C=O) groups excluding carboxylic acids is 1. The summed E-state index contributed by atoms with van der Waals surface area (Å²) in [5.41, 5.74) is -0.790. The van der Waals surface area contributed by atoms with Gasteiger partial charge in [0.15, 0.2) is 0 Å². The van der Waals surface area contributed by atoms with Crippen molar-refractivity contribution in [3.05, 3.63) is 23.8 Å². The van der Waals surface area contributed by atoms with Crippen LogP contribution in [-0.4, -0.2) is 49.3 Å². The van der Waals surface area contributed by atoms with Crippen LogP contribution in [0.5, 0.6) is 0 Å². The maximum atomic E-state index is 13.3. The van der Waals surface area contributed by atoms with E-state index in [1.54, 1.807) is 19.0 Å². The van der Waals surface area contributed by atoms with E-state index in [9.17, 15) is 23.1 Å². The van der Waals surface area contributed by atoms with Gasteiger partial charge in [-0.3, -0.25) is 0 Å². The number of aliphatic hydroxyl groups is 1. The summed E-state index contributed by atoms with van der Waals surface area (Å²) in [5.74, 6) is 0.0687. The summed E-state index contributed by atoms with van der Waals surface area (Å²) in [6, 6.07) is 3.13. The first-order chi connectivity index (χ1) is 11.1. The summed E-state index contributed by atoms with van der Waals surface area (Å²) in [6.45, 7) is 2.40. The molecule has 134 valence electrons. The highest BCUT2D eigenvalue weighted by atomic mass is 19.4. The number of urea groups is 1. The average Bonchev–Trinajstić information content (AvgIpc) is 2.49. The molecule has 0 radical (unpaired) electrons. The number of alkyl halides is 3. The van der Waals surface area contributed by atoms with Crippen LogP contribution in [0, 0.1) is 5.92 Å². The molecule has 2 unspecified atom stereocenters. The number of likely N-dealkylation sites (tertiary alicyclic amines) is 1. The number of hydrogen-bond acceptors (Lipinski definition) is 3. The van der Waals surface area contributed by atoms with E-state index in [2.05, 4.69) is 5.32 Å². The minimum Gasteiger partial charge on any atom is -0.391 e. The van der Waals surface area contributed by atoms with Gasteiger partial charge in [-0.15, -0.1) is 0 Å². The van der Waals surface area contributed by atoms with Gasteiger partial charge in [0, 0.05) is 32.9 Å². The molecule has 2 N–H and O–H groups in total. The first kappa shape index (κ1) is 18.4. The zero-order valence-corrected chi connectivity index (χ0v) is 13.9. The lowest BCUT2D eigenvalue weighted by molar-refractivity contribution is -0.136. The zero-order chi connectivity index (χ0) is 18.1. The second-order valence-corrected chi connectivity index (χ2v) is 6.33. The summed E-state index contributed by atoms with van der Waals surface area (Å²) < 4.78 is 39.8. The molecule has 1 aromatic rings. The zero-order valence-electron chi connectivity index (χ0n) is 13.9. The van der Waals surface area contributed by atoms with Crippen molar-refractivity contribution >= 4 is 17.4 Å². The van der Waals surface area contributed by atoms with E-state index >= 15 is 0 Å². The Hall–Kier alpha value is -1.96. The molecule has 5 nitrogen and oxygen atoms in total. The highest BCUT2D eigenvalue weighted by molar-refractivity contribution is 5.90. The van der Waals surface area contributed by atoms with Crippen molar-refractivity contribution in [1.29, 1.82) is 0 Å². The van der Waals surface area contributed by atoms with Crippen LogP contribution in [-0.2, 0) is 6.18 Å². The lowest BCUT2D eigenvalue weighted by Crippen LogP contribution is -2.47. The first-order valence-corrected chi connectivity index (χ1v) is 7.72. The number of nitrogens with zero attached hydrogens (tertiary/aromatic N) is 2. The normalized spacial score (nSPS) is 21.5. The number of aliphatic hydroxyl groups excluding tert-OH is 1. The number of β-amino-alcohol motifs (C(OH)–C–C–N with tert-alkyl or cyclic N) is 1. The Morgan fingerprint density at radius 3 is 2.58 bits per heavy atom. The summed E-state index contributed by atoms with van der Waals surface area (Å²) in [6.07, 6.45) is -4.63. The van der Waals surface area contributed by atoms with Crippen LogP contribution >= 0.6 is 0 Å². The molecule has 1 heterocycles. The summed E-state index contributed by atoms with van der Waals surface area (Å²) in [5, 5.41) is 12.2. The Kier molecular flexibility index (Phi) is 5.27. The number of piperidine rings is 1. The van der Waals surface area contributed by atoms with Gasteiger partial charge in [0.1, 0.15) is 0 Å². The van der Waals surface area contributed by atoms with Gasteiger partial charge in [0.2, 0.25) is 0 Å². The van der Waals surface area contributed by atoms with Gasteiger partial charge in [-0.05, 0) is 30.5 Å². The van der Waals surface area contributed by atoms with E-state index in [1.165, 1.54) is 17.0 Å². The molecule has 2 amide bonds. The molecule has 1 fully saturated rings. The Labute approximate surface area is 139 Å². The minimum absolute atomic E-state index is 0.0687. The summed E-state index contributed by atoms with van der Waals surface area (Å²) in [7, 11) is 3.29. The van der Waals surface area contributed by atoms with E-state index in [0.29, 0.717) is 18.7 Å². The molecule has 24 heavy (non-hydrogen) atoms. The Morgan fingerprint density at radius 1 is 1.38 bits per heavy atom. The lowest BCUT2D eigenvalue weighted by Gasteiger charge is -2.34. The Balaban J connectivity index is 2.21. The van der Waals surface area contributed by atoms with Crippen molar-refractivity contribution < 1.29 is 23.1 Å². The predicted molar refractivity (Wildman–Crippen MR) is 86.2 cm³/mol. The number of nitrogens with one attached hydrogen (secondary N) is 1. The maximum Gasteiger partial charge on any atom is 0.418 e. The van der Waals surface area contributed by atoms with Gasteiger partial charge in [-0.2, -0.15) is 13.2 Å². The van der Waals surface area contributed by atoms with Crippen LogP contribution in [0.2, 0.25) is 0 Å². The molecule has 0 aliphatic carbocycles. The second-order valence-electron chi connectivity index (χ2n) is 6.33. The topological polar surface area (TPSA) is 55.8 Å². The number of anilines is 2. The Morgan fingerprint density at radius 2 is 2.04 bits per heavy atom. The van der Waals surface area contributed by atoms with Gasteiger partial charge in [-0.1, -0.05) is 6.92 Å². The van der Waals surface area contributed by atoms with Crippen molar-refractivity contribution in [2.24, 2.45) is 5.92 Å². The fourth-order valence-corrected chi connectivity index (χ4v) is 2.58. The van der Waals surface area contributed by atoms with E-state index in [0.717, 1.165) is 6.07 Å². The molecule has 2 rings (SSSR count). The third-order valence-corrected chi connectivity index (χ3v) is 4.27. The van der Waals surface area contributed by atoms with Gasteiger partial charge in [-0.25, -0.2) is 4.79 Å². The van der Waals surface area contributed by atoms with Crippen molar-refractivity contribution in [2.45, 2.75) is 25.6 Å². The molecule has 8 heteroatoms. The van der Waals surface area contributed by atoms with Crippen LogP contribution in [0.1, 0.15) is 18.9 Å². The molecule has 1 saturated heterocycles. The van der Waals surface area contributed by atoms with Gasteiger partial charge >= 0.3 is 12.2 Å². The van der Waals surface area contributed by atoms with Crippen molar-refractivity contribution in [2.75, 3.05) is 37.4 Å². The van der Waals surface area contributed by atoms with E-state index in [4.69, 9.17) is 0 Å². The highest BCUT2D eigenvalue weighted by Gasteiger charge is 2.35. The fourth-order valence-electron chi connectivity index (χ4n) is 2.58. The third-order valence-electron chi connectivity index (χ3n) is 4.27. The molecule has 1 aliphatic rings. The minimum atomic E-state index is -4.58. The first-order valence-electron chi connectivity index (χ1n) is 7.72. The van der Waals surface area contributed by atoms with Gasteiger partial charge in [0.05, 0.1) is 17.4 Å². The van der Waals surface area contributed by atoms with Crippen LogP contribution < -0.4 is 10.2 Å². The van der Waals surface area contributed by atoms with Crippen molar-refractivity contribution in [1.82, 2.24) is 4.90 Å². The SMILES string of the molecule is CC1CCN(C(=O)Nc2ccc(N(C)C)cc2C(F)(F)F)CC1O. The van der Waals surface area contributed by atoms with E-state index in [1.807, 2.05) is 6.92 Å². The van der Waals surface area contributed by atoms with Crippen LogP contribution in [0.25, 0.3) is 0 Å². The second kappa shape index (κ2) is 6.88. The molecule has 0 aromatic heterocycles. The largest absolute Gasteiger partial charge is 0.418 e. The molecule has 0 saturated carbocycles. The number of rotatable bonds is 2. The molecule has 1 aliphatic heterocycles. The summed E-state index contributed by atoms with van der Waals surface area (Å²) >= 11 is 0. The summed E-state index contributed by atoms with van der Waals surface area (Å²) in [4.78, 5) is 15.1. The van der Waals surface area contributed by atoms with E-state index in [-0.39, 0.29) is 18.2 Å². The van der Waals surface area contributed by atoms with Crippen LogP contribution in [0.4, 0.5) is 29.3 Å². The monoisotopic (exact) mass is 345 g/mol. The highest BCUT2D eigenvalue weighted by Crippen LogP contribution is 2.37. The molecule has 1 aromatic carbocycles. The van der Waals surface area contributed by atoms with Crippen molar-refractivity contribution in [3.63, 3.8) is 0 Å². The number of halogens is 3. The fraction of sp³-hybridized carbons (Fsp3) is 0.562. The van der Waals surface area contributed by atoms with Gasteiger partial charge in [0.25, 0.3) is 0 Å². The third kappa shape index (κ3) is 4.11. The maximum absolute atomic E-state index is 13.3. The number of carbonyl (C=O) groups is 1. The average molecular weight is 345 g/mol. The standard InChI is InChI=1S/C16H22F3N3O2/c1-10-6-7-22(9-14(10)23)15(24)20-13-5-4-11(21(2)3)8-12(13)16(17,18)19/h4-5,8,10,14,23H,6-7,9H2,1-3H3,(H,20,24). The molecule has 0 bridgehead atoms. The van der Waals surface area contributed by atoms with Crippen molar-refractivity contribution in [3.8, 4) is 0 Å².